The standard InChI is InChI=1S/C21H21FN2O2/c1-14(25)19-7-2-15(13-23)12-20(19)24-10-8-17(9-11-24)21(26)16-3-5-18(22)6-4-16/h2-7,12,17,21,26H,8-11H2,1H3. The predicted octanol–water partition coefficient (Wildman–Crippen LogP) is 3.85. The minimum Gasteiger partial charge on any atom is -0.388 e. The van der Waals surface area contributed by atoms with Crippen molar-refractivity contribution < 1.29 is 14.3 Å². The molecule has 1 fully saturated rings. The number of carbonyl (C=O) groups excluding carboxylic acids is 1. The molecule has 0 spiro atoms. The zero-order valence-electron chi connectivity index (χ0n) is 14.7. The van der Waals surface area contributed by atoms with Crippen LogP contribution < -0.4 is 4.90 Å². The van der Waals surface area contributed by atoms with Gasteiger partial charge in [0.05, 0.1) is 17.7 Å². The minimum atomic E-state index is -0.629. The molecule has 1 aliphatic heterocycles. The van der Waals surface area contributed by atoms with Crippen LogP contribution in [0.2, 0.25) is 0 Å². The highest BCUT2D eigenvalue weighted by Crippen LogP contribution is 2.34. The molecular formula is C21H21FN2O2. The van der Waals surface area contributed by atoms with Crippen LogP contribution in [0.1, 0.15) is 47.4 Å². The molecule has 26 heavy (non-hydrogen) atoms. The van der Waals surface area contributed by atoms with Crippen molar-refractivity contribution >= 4 is 11.5 Å². The molecule has 1 unspecified atom stereocenters. The lowest BCUT2D eigenvalue weighted by Gasteiger charge is -2.36. The van der Waals surface area contributed by atoms with E-state index in [1.165, 1.54) is 19.1 Å². The molecule has 0 amide bonds. The number of anilines is 1. The average Bonchev–Trinajstić information content (AvgIpc) is 2.67. The van der Waals surface area contributed by atoms with Gasteiger partial charge in [-0.05, 0) is 61.6 Å². The van der Waals surface area contributed by atoms with Gasteiger partial charge in [0.15, 0.2) is 5.78 Å². The lowest BCUT2D eigenvalue weighted by atomic mass is 9.87. The van der Waals surface area contributed by atoms with Crippen molar-refractivity contribution in [2.45, 2.75) is 25.9 Å². The van der Waals surface area contributed by atoms with Crippen LogP contribution in [0.25, 0.3) is 0 Å². The van der Waals surface area contributed by atoms with Gasteiger partial charge in [-0.3, -0.25) is 4.79 Å². The molecule has 0 radical (unpaired) electrons. The first-order chi connectivity index (χ1) is 12.5. The molecule has 1 atom stereocenters. The number of aliphatic hydroxyl groups is 1. The number of nitrogens with zero attached hydrogens (tertiary/aromatic N) is 2. The Bertz CT molecular complexity index is 834. The quantitative estimate of drug-likeness (QED) is 0.849. The highest BCUT2D eigenvalue weighted by atomic mass is 19.1. The van der Waals surface area contributed by atoms with Crippen molar-refractivity contribution in [3.8, 4) is 6.07 Å². The summed E-state index contributed by atoms with van der Waals surface area (Å²) in [5, 5.41) is 19.7. The summed E-state index contributed by atoms with van der Waals surface area (Å²) in [5.74, 6) is -0.264. The summed E-state index contributed by atoms with van der Waals surface area (Å²) >= 11 is 0. The molecule has 1 saturated heterocycles. The van der Waals surface area contributed by atoms with Gasteiger partial charge in [-0.15, -0.1) is 0 Å². The van der Waals surface area contributed by atoms with E-state index in [4.69, 9.17) is 5.26 Å². The van der Waals surface area contributed by atoms with Crippen LogP contribution in [0, 0.1) is 23.1 Å². The highest BCUT2D eigenvalue weighted by Gasteiger charge is 2.27. The summed E-state index contributed by atoms with van der Waals surface area (Å²) in [6.45, 7) is 2.91. The molecule has 0 saturated carbocycles. The van der Waals surface area contributed by atoms with Crippen LogP contribution in [-0.2, 0) is 0 Å². The van der Waals surface area contributed by atoms with Gasteiger partial charge in [-0.25, -0.2) is 4.39 Å². The van der Waals surface area contributed by atoms with Crippen LogP contribution in [0.15, 0.2) is 42.5 Å². The van der Waals surface area contributed by atoms with Crippen LogP contribution in [0.3, 0.4) is 0 Å². The van der Waals surface area contributed by atoms with Crippen molar-refractivity contribution in [3.63, 3.8) is 0 Å². The molecule has 5 heteroatoms. The first-order valence-corrected chi connectivity index (χ1v) is 8.73. The SMILES string of the molecule is CC(=O)c1ccc(C#N)cc1N1CCC(C(O)c2ccc(F)cc2)CC1. The largest absolute Gasteiger partial charge is 0.388 e. The second-order valence-corrected chi connectivity index (χ2v) is 6.72. The van der Waals surface area contributed by atoms with E-state index in [0.29, 0.717) is 24.2 Å². The Labute approximate surface area is 152 Å². The van der Waals surface area contributed by atoms with Crippen LogP contribution in [0.4, 0.5) is 10.1 Å². The maximum Gasteiger partial charge on any atom is 0.161 e. The number of carbonyl (C=O) groups is 1. The second-order valence-electron chi connectivity index (χ2n) is 6.72. The van der Waals surface area contributed by atoms with Crippen LogP contribution in [0.5, 0.6) is 0 Å². The summed E-state index contributed by atoms with van der Waals surface area (Å²) in [4.78, 5) is 14.0. The Morgan fingerprint density at radius 2 is 1.88 bits per heavy atom. The Morgan fingerprint density at radius 1 is 1.23 bits per heavy atom. The van der Waals surface area contributed by atoms with Crippen molar-refractivity contribution in [2.75, 3.05) is 18.0 Å². The van der Waals surface area contributed by atoms with E-state index in [9.17, 15) is 14.3 Å². The lowest BCUT2D eigenvalue weighted by molar-refractivity contribution is 0.0926. The van der Waals surface area contributed by atoms with Gasteiger partial charge in [-0.2, -0.15) is 5.26 Å². The van der Waals surface area contributed by atoms with E-state index >= 15 is 0 Å². The number of hydrogen-bond acceptors (Lipinski definition) is 4. The molecule has 2 aromatic rings. The first kappa shape index (κ1) is 18.1. The van der Waals surface area contributed by atoms with E-state index in [1.54, 1.807) is 30.3 Å². The Morgan fingerprint density at radius 3 is 2.46 bits per heavy atom. The van der Waals surface area contributed by atoms with Gasteiger partial charge >= 0.3 is 0 Å². The van der Waals surface area contributed by atoms with E-state index in [1.807, 2.05) is 0 Å². The third-order valence-electron chi connectivity index (χ3n) is 5.04. The van der Waals surface area contributed by atoms with E-state index in [-0.39, 0.29) is 17.5 Å². The number of benzene rings is 2. The monoisotopic (exact) mass is 352 g/mol. The number of aliphatic hydroxyl groups excluding tert-OH is 1. The third-order valence-corrected chi connectivity index (χ3v) is 5.04. The van der Waals surface area contributed by atoms with Crippen molar-refractivity contribution in [1.82, 2.24) is 0 Å². The van der Waals surface area contributed by atoms with Gasteiger partial charge < -0.3 is 10.0 Å². The summed E-state index contributed by atoms with van der Waals surface area (Å²) in [6, 6.07) is 13.2. The van der Waals surface area contributed by atoms with Crippen LogP contribution in [-0.4, -0.2) is 24.0 Å². The molecule has 0 aliphatic carbocycles. The van der Waals surface area contributed by atoms with Gasteiger partial charge in [0.1, 0.15) is 5.82 Å². The zero-order chi connectivity index (χ0) is 18.7. The topological polar surface area (TPSA) is 64.3 Å². The molecule has 3 rings (SSSR count). The number of Topliss-reactive ketones (excluding diaryl/α,β-unsaturated/α-hetero) is 1. The highest BCUT2D eigenvalue weighted by molar-refractivity contribution is 6.00. The second kappa shape index (κ2) is 7.67. The number of nitriles is 1. The Balaban J connectivity index is 1.73. The number of rotatable bonds is 4. The van der Waals surface area contributed by atoms with Gasteiger partial charge in [0.25, 0.3) is 0 Å². The van der Waals surface area contributed by atoms with Gasteiger partial charge in [-0.1, -0.05) is 12.1 Å². The minimum absolute atomic E-state index is 0.0297. The van der Waals surface area contributed by atoms with Gasteiger partial charge in [0, 0.05) is 24.3 Å². The fourth-order valence-electron chi connectivity index (χ4n) is 3.55. The maximum absolute atomic E-state index is 13.1. The molecule has 1 N–H and O–H groups in total. The fraction of sp³-hybridized carbons (Fsp3) is 0.333. The summed E-state index contributed by atoms with van der Waals surface area (Å²) in [5.41, 5.74) is 2.65. The Kier molecular flexibility index (Phi) is 5.34. The van der Waals surface area contributed by atoms with Crippen LogP contribution >= 0.6 is 0 Å². The summed E-state index contributed by atoms with van der Waals surface area (Å²) < 4.78 is 13.1. The molecule has 0 aromatic heterocycles. The van der Waals surface area contributed by atoms with E-state index in [0.717, 1.165) is 24.1 Å². The molecule has 4 nitrogen and oxygen atoms in total. The number of ketones is 1. The molecule has 1 aliphatic rings. The van der Waals surface area contributed by atoms with Crippen molar-refractivity contribution in [3.05, 3.63) is 65.0 Å². The zero-order valence-corrected chi connectivity index (χ0v) is 14.7. The first-order valence-electron chi connectivity index (χ1n) is 8.73. The Hall–Kier alpha value is -2.71. The number of halogens is 1. The fourth-order valence-corrected chi connectivity index (χ4v) is 3.55. The lowest BCUT2D eigenvalue weighted by Crippen LogP contribution is -2.36. The molecule has 0 bridgehead atoms. The third kappa shape index (κ3) is 3.76. The smallest absolute Gasteiger partial charge is 0.161 e. The number of piperidine rings is 1. The molecule has 134 valence electrons. The van der Waals surface area contributed by atoms with Gasteiger partial charge in [0.2, 0.25) is 0 Å². The summed E-state index contributed by atoms with van der Waals surface area (Å²) in [7, 11) is 0. The average molecular weight is 352 g/mol. The van der Waals surface area contributed by atoms with Crippen molar-refractivity contribution in [1.29, 1.82) is 5.26 Å². The van der Waals surface area contributed by atoms with E-state index < -0.39 is 6.10 Å². The number of hydrogen-bond donors (Lipinski definition) is 1. The van der Waals surface area contributed by atoms with E-state index in [2.05, 4.69) is 11.0 Å². The molecule has 2 aromatic carbocycles. The maximum atomic E-state index is 13.1. The molecule has 1 heterocycles. The molecular weight excluding hydrogens is 331 g/mol. The van der Waals surface area contributed by atoms with Crippen molar-refractivity contribution in [2.24, 2.45) is 5.92 Å². The predicted molar refractivity (Wildman–Crippen MR) is 97.5 cm³/mol. The summed E-state index contributed by atoms with van der Waals surface area (Å²) in [6.07, 6.45) is 0.884. The normalized spacial score (nSPS) is 16.2.